The summed E-state index contributed by atoms with van der Waals surface area (Å²) >= 11 is 6.02. The van der Waals surface area contributed by atoms with E-state index in [0.29, 0.717) is 10.7 Å². The number of nitrogens with one attached hydrogen (secondary N) is 1. The van der Waals surface area contributed by atoms with Crippen LogP contribution in [0.15, 0.2) is 18.2 Å². The lowest BCUT2D eigenvalue weighted by molar-refractivity contribution is -0.130. The molecule has 1 aromatic carbocycles. The predicted molar refractivity (Wildman–Crippen MR) is 66.1 cm³/mol. The molecule has 1 saturated heterocycles. The molecule has 1 aromatic rings. The third kappa shape index (κ3) is 2.13. The van der Waals surface area contributed by atoms with Crippen molar-refractivity contribution in [2.45, 2.75) is 19.9 Å². The number of benzene rings is 1. The Labute approximate surface area is 105 Å². The van der Waals surface area contributed by atoms with Crippen LogP contribution < -0.4 is 10.2 Å². The van der Waals surface area contributed by atoms with E-state index in [1.807, 2.05) is 6.92 Å². The van der Waals surface area contributed by atoms with Gasteiger partial charge in [0, 0.05) is 10.7 Å². The molecule has 4 nitrogen and oxygen atoms in total. The van der Waals surface area contributed by atoms with Crippen LogP contribution in [-0.4, -0.2) is 24.4 Å². The molecule has 5 heteroatoms. The van der Waals surface area contributed by atoms with E-state index in [1.165, 1.54) is 4.90 Å². The van der Waals surface area contributed by atoms with Crippen LogP contribution in [0.4, 0.5) is 5.69 Å². The quantitative estimate of drug-likeness (QED) is 0.824. The van der Waals surface area contributed by atoms with Gasteiger partial charge in [0.05, 0.1) is 0 Å². The number of carbonyl (C=O) groups is 2. The second-order valence-corrected chi connectivity index (χ2v) is 4.50. The summed E-state index contributed by atoms with van der Waals surface area (Å²) in [7, 11) is 0. The maximum Gasteiger partial charge on any atom is 0.249 e. The molecule has 0 aromatic heterocycles. The van der Waals surface area contributed by atoms with Crippen molar-refractivity contribution in [1.29, 1.82) is 0 Å². The Balaban J connectivity index is 2.41. The number of carbonyl (C=O) groups excluding carboxylic acids is 2. The zero-order valence-electron chi connectivity index (χ0n) is 9.66. The standard InChI is InChI=1S/C12H13ClN2O2/c1-7-9(13)4-3-5-10(7)15-6-11(16)14-8(2)12(15)17/h3-5,8H,6H2,1-2H3,(H,14,16). The van der Waals surface area contributed by atoms with Crippen molar-refractivity contribution < 1.29 is 9.59 Å². The van der Waals surface area contributed by atoms with E-state index in [1.54, 1.807) is 25.1 Å². The fourth-order valence-corrected chi connectivity index (χ4v) is 2.07. The van der Waals surface area contributed by atoms with Crippen molar-refractivity contribution in [3.05, 3.63) is 28.8 Å². The van der Waals surface area contributed by atoms with E-state index in [2.05, 4.69) is 5.32 Å². The minimum absolute atomic E-state index is 0.0460. The first-order chi connectivity index (χ1) is 8.00. The van der Waals surface area contributed by atoms with Gasteiger partial charge in [-0.2, -0.15) is 0 Å². The van der Waals surface area contributed by atoms with Gasteiger partial charge in [0.2, 0.25) is 11.8 Å². The first-order valence-electron chi connectivity index (χ1n) is 5.36. The highest BCUT2D eigenvalue weighted by Gasteiger charge is 2.31. The van der Waals surface area contributed by atoms with Crippen molar-refractivity contribution in [3.8, 4) is 0 Å². The van der Waals surface area contributed by atoms with Crippen molar-refractivity contribution in [2.75, 3.05) is 11.4 Å². The van der Waals surface area contributed by atoms with Gasteiger partial charge in [0.1, 0.15) is 12.6 Å². The third-order valence-corrected chi connectivity index (χ3v) is 3.26. The zero-order chi connectivity index (χ0) is 12.6. The summed E-state index contributed by atoms with van der Waals surface area (Å²) in [6.45, 7) is 3.55. The van der Waals surface area contributed by atoms with Crippen molar-refractivity contribution in [2.24, 2.45) is 0 Å². The van der Waals surface area contributed by atoms with Gasteiger partial charge in [-0.05, 0) is 31.5 Å². The van der Waals surface area contributed by atoms with Gasteiger partial charge in [-0.25, -0.2) is 0 Å². The number of halogens is 1. The third-order valence-electron chi connectivity index (χ3n) is 2.85. The van der Waals surface area contributed by atoms with Crippen LogP contribution in [0.3, 0.4) is 0 Å². The van der Waals surface area contributed by atoms with Crippen molar-refractivity contribution in [3.63, 3.8) is 0 Å². The Morgan fingerprint density at radius 3 is 2.82 bits per heavy atom. The molecular formula is C12H13ClN2O2. The number of hydrogen-bond acceptors (Lipinski definition) is 2. The number of piperazine rings is 1. The summed E-state index contributed by atoms with van der Waals surface area (Å²) in [5.41, 5.74) is 1.51. The van der Waals surface area contributed by atoms with Crippen LogP contribution in [-0.2, 0) is 9.59 Å². The lowest BCUT2D eigenvalue weighted by atomic mass is 10.1. The fraction of sp³-hybridized carbons (Fsp3) is 0.333. The first-order valence-corrected chi connectivity index (χ1v) is 5.74. The van der Waals surface area contributed by atoms with Gasteiger partial charge in [0.15, 0.2) is 0 Å². The molecule has 90 valence electrons. The lowest BCUT2D eigenvalue weighted by Gasteiger charge is -2.31. The van der Waals surface area contributed by atoms with Crippen LogP contribution >= 0.6 is 11.6 Å². The molecule has 1 aliphatic rings. The normalized spacial score (nSPS) is 20.4. The van der Waals surface area contributed by atoms with Gasteiger partial charge < -0.3 is 10.2 Å². The monoisotopic (exact) mass is 252 g/mol. The van der Waals surface area contributed by atoms with Crippen LogP contribution in [0.5, 0.6) is 0 Å². The smallest absolute Gasteiger partial charge is 0.249 e. The Morgan fingerprint density at radius 1 is 1.41 bits per heavy atom. The summed E-state index contributed by atoms with van der Waals surface area (Å²) in [5, 5.41) is 3.19. The predicted octanol–water partition coefficient (Wildman–Crippen LogP) is 1.50. The van der Waals surface area contributed by atoms with Gasteiger partial charge in [-0.3, -0.25) is 9.59 Å². The van der Waals surface area contributed by atoms with Crippen molar-refractivity contribution in [1.82, 2.24) is 5.32 Å². The molecule has 2 amide bonds. The van der Waals surface area contributed by atoms with Crippen molar-refractivity contribution >= 4 is 29.1 Å². The van der Waals surface area contributed by atoms with Gasteiger partial charge in [0.25, 0.3) is 0 Å². The largest absolute Gasteiger partial charge is 0.343 e. The molecule has 0 aliphatic carbocycles. The molecule has 0 radical (unpaired) electrons. The molecule has 1 N–H and O–H groups in total. The first kappa shape index (κ1) is 11.9. The van der Waals surface area contributed by atoms with Gasteiger partial charge in [-0.15, -0.1) is 0 Å². The van der Waals surface area contributed by atoms with Crippen LogP contribution in [0.1, 0.15) is 12.5 Å². The maximum atomic E-state index is 12.0. The van der Waals surface area contributed by atoms with Crippen LogP contribution in [0, 0.1) is 6.92 Å². The summed E-state index contributed by atoms with van der Waals surface area (Å²) in [6.07, 6.45) is 0. The van der Waals surface area contributed by atoms with Crippen LogP contribution in [0.2, 0.25) is 5.02 Å². The highest BCUT2D eigenvalue weighted by molar-refractivity contribution is 6.31. The summed E-state index contributed by atoms with van der Waals surface area (Å²) < 4.78 is 0. The molecule has 1 unspecified atom stereocenters. The molecule has 0 spiro atoms. The Hall–Kier alpha value is -1.55. The molecule has 1 aliphatic heterocycles. The van der Waals surface area contributed by atoms with E-state index < -0.39 is 6.04 Å². The van der Waals surface area contributed by atoms with E-state index in [-0.39, 0.29) is 18.4 Å². The molecular weight excluding hydrogens is 240 g/mol. The van der Waals surface area contributed by atoms with Gasteiger partial charge >= 0.3 is 0 Å². The molecule has 1 fully saturated rings. The average Bonchev–Trinajstić information content (AvgIpc) is 2.27. The fourth-order valence-electron chi connectivity index (χ4n) is 1.90. The Kier molecular flexibility index (Phi) is 3.07. The Morgan fingerprint density at radius 2 is 2.12 bits per heavy atom. The average molecular weight is 253 g/mol. The number of hydrogen-bond donors (Lipinski definition) is 1. The van der Waals surface area contributed by atoms with Crippen LogP contribution in [0.25, 0.3) is 0 Å². The molecule has 0 bridgehead atoms. The van der Waals surface area contributed by atoms with E-state index in [9.17, 15) is 9.59 Å². The molecule has 0 saturated carbocycles. The molecule has 1 atom stereocenters. The summed E-state index contributed by atoms with van der Waals surface area (Å²) in [6, 6.07) is 4.84. The van der Waals surface area contributed by atoms with E-state index in [0.717, 1.165) is 5.56 Å². The topological polar surface area (TPSA) is 49.4 Å². The maximum absolute atomic E-state index is 12.0. The number of anilines is 1. The van der Waals surface area contributed by atoms with Gasteiger partial charge in [-0.1, -0.05) is 17.7 Å². The minimum atomic E-state index is -0.491. The highest BCUT2D eigenvalue weighted by atomic mass is 35.5. The Bertz CT molecular complexity index is 487. The highest BCUT2D eigenvalue weighted by Crippen LogP contribution is 2.27. The number of amides is 2. The number of nitrogens with zero attached hydrogens (tertiary/aromatic N) is 1. The van der Waals surface area contributed by atoms with E-state index in [4.69, 9.17) is 11.6 Å². The molecule has 1 heterocycles. The van der Waals surface area contributed by atoms with E-state index >= 15 is 0 Å². The molecule has 17 heavy (non-hydrogen) atoms. The second-order valence-electron chi connectivity index (χ2n) is 4.10. The number of rotatable bonds is 1. The zero-order valence-corrected chi connectivity index (χ0v) is 10.4. The minimum Gasteiger partial charge on any atom is -0.343 e. The second kappa shape index (κ2) is 4.37. The summed E-state index contributed by atoms with van der Waals surface area (Å²) in [5.74, 6) is -0.272. The molecule has 2 rings (SSSR count). The summed E-state index contributed by atoms with van der Waals surface area (Å²) in [4.78, 5) is 24.9. The lowest BCUT2D eigenvalue weighted by Crippen LogP contribution is -2.57. The SMILES string of the molecule is Cc1c(Cl)cccc1N1CC(=O)NC(C)C1=O.